The third-order valence-corrected chi connectivity index (χ3v) is 3.23. The minimum Gasteiger partial charge on any atom is -0.507 e. The van der Waals surface area contributed by atoms with Crippen LogP contribution in [0.2, 0.25) is 0 Å². The molecule has 0 radical (unpaired) electrons. The lowest BCUT2D eigenvalue weighted by Gasteiger charge is -2.13. The molecule has 2 nitrogen and oxygen atoms in total. The predicted molar refractivity (Wildman–Crippen MR) is 85.0 cm³/mol. The number of aromatic hydroxyl groups is 1. The number of allylic oxidation sites excluding steroid dienone is 4. The van der Waals surface area contributed by atoms with Crippen molar-refractivity contribution in [1.82, 2.24) is 0 Å². The molecule has 20 heavy (non-hydrogen) atoms. The second-order valence-electron chi connectivity index (χ2n) is 5.83. The van der Waals surface area contributed by atoms with Crippen LogP contribution in [-0.2, 0) is 12.8 Å². The molecule has 1 rings (SSSR count). The van der Waals surface area contributed by atoms with Crippen LogP contribution in [0.15, 0.2) is 35.4 Å². The molecule has 0 heterocycles. The van der Waals surface area contributed by atoms with Crippen LogP contribution in [0, 0.1) is 0 Å². The van der Waals surface area contributed by atoms with Crippen LogP contribution in [0.4, 0.5) is 0 Å². The quantitative estimate of drug-likeness (QED) is 0.778. The van der Waals surface area contributed by atoms with Gasteiger partial charge in [-0.15, -0.1) is 0 Å². The molecule has 1 atom stereocenters. The first-order valence-corrected chi connectivity index (χ1v) is 7.10. The number of phenolic OH excluding ortho intramolecular Hbond substituents is 1. The van der Waals surface area contributed by atoms with Crippen LogP contribution >= 0.6 is 0 Å². The van der Waals surface area contributed by atoms with Crippen molar-refractivity contribution in [1.29, 1.82) is 0 Å². The molecule has 0 amide bonds. The number of aliphatic hydroxyl groups excluding tert-OH is 1. The molecular weight excluding hydrogens is 248 g/mol. The Hall–Kier alpha value is -1.54. The topological polar surface area (TPSA) is 40.5 Å². The fourth-order valence-electron chi connectivity index (χ4n) is 1.97. The maximum Gasteiger partial charge on any atom is 0.122 e. The first kappa shape index (κ1) is 16.5. The van der Waals surface area contributed by atoms with Crippen molar-refractivity contribution in [2.75, 3.05) is 0 Å². The highest BCUT2D eigenvalue weighted by Crippen LogP contribution is 2.29. The lowest BCUT2D eigenvalue weighted by Crippen LogP contribution is -1.98. The zero-order valence-electron chi connectivity index (χ0n) is 13.2. The number of phenols is 1. The molecule has 0 bridgehead atoms. The summed E-state index contributed by atoms with van der Waals surface area (Å²) in [6.45, 7) is 9.92. The van der Waals surface area contributed by atoms with Gasteiger partial charge in [0.2, 0.25) is 0 Å². The lowest BCUT2D eigenvalue weighted by molar-refractivity contribution is 0.199. The van der Waals surface area contributed by atoms with E-state index in [9.17, 15) is 10.2 Å². The molecule has 0 fully saturated rings. The van der Waals surface area contributed by atoms with Crippen LogP contribution in [0.25, 0.3) is 0 Å². The number of rotatable bonds is 5. The van der Waals surface area contributed by atoms with Crippen molar-refractivity contribution in [2.45, 2.75) is 53.6 Å². The van der Waals surface area contributed by atoms with Gasteiger partial charge in [-0.25, -0.2) is 0 Å². The number of benzene rings is 1. The fourth-order valence-corrected chi connectivity index (χ4v) is 1.97. The van der Waals surface area contributed by atoms with Gasteiger partial charge in [0, 0.05) is 0 Å². The molecule has 0 aliphatic rings. The normalized spacial score (nSPS) is 11.9. The van der Waals surface area contributed by atoms with Crippen LogP contribution in [0.3, 0.4) is 0 Å². The summed E-state index contributed by atoms with van der Waals surface area (Å²) in [6, 6.07) is 3.79. The van der Waals surface area contributed by atoms with Crippen molar-refractivity contribution in [3.8, 4) is 5.75 Å². The third-order valence-electron chi connectivity index (χ3n) is 3.23. The van der Waals surface area contributed by atoms with Crippen LogP contribution < -0.4 is 0 Å². The molecule has 2 heteroatoms. The molecular formula is C18H26O2. The van der Waals surface area contributed by atoms with Crippen molar-refractivity contribution < 1.29 is 10.2 Å². The number of hydrogen-bond acceptors (Lipinski definition) is 2. The lowest BCUT2D eigenvalue weighted by atomic mass is 9.96. The van der Waals surface area contributed by atoms with E-state index in [0.717, 1.165) is 16.7 Å². The summed E-state index contributed by atoms with van der Waals surface area (Å²) in [6.07, 6.45) is 5.04. The first-order valence-electron chi connectivity index (χ1n) is 7.10. The SMILES string of the molecule is CC(C)=CCc1cc(C(C)O)cc(CC=C(C)C)c1O. The molecule has 110 valence electrons. The Kier molecular flexibility index (Phi) is 6.03. The van der Waals surface area contributed by atoms with Crippen LogP contribution in [-0.4, -0.2) is 10.2 Å². The van der Waals surface area contributed by atoms with E-state index >= 15 is 0 Å². The molecule has 0 aliphatic carbocycles. The van der Waals surface area contributed by atoms with Crippen molar-refractivity contribution in [2.24, 2.45) is 0 Å². The zero-order valence-corrected chi connectivity index (χ0v) is 13.2. The third kappa shape index (κ3) is 4.86. The van der Waals surface area contributed by atoms with E-state index < -0.39 is 6.10 Å². The summed E-state index contributed by atoms with van der Waals surface area (Å²) in [5.41, 5.74) is 5.05. The Balaban J connectivity index is 3.21. The van der Waals surface area contributed by atoms with Crippen LogP contribution in [0.1, 0.15) is 57.4 Å². The highest BCUT2D eigenvalue weighted by Gasteiger charge is 2.11. The van der Waals surface area contributed by atoms with Gasteiger partial charge in [0.05, 0.1) is 6.10 Å². The summed E-state index contributed by atoms with van der Waals surface area (Å²) in [7, 11) is 0. The molecule has 0 saturated heterocycles. The second-order valence-corrected chi connectivity index (χ2v) is 5.83. The van der Waals surface area contributed by atoms with Gasteiger partial charge in [-0.3, -0.25) is 0 Å². The van der Waals surface area contributed by atoms with Gasteiger partial charge >= 0.3 is 0 Å². The maximum atomic E-state index is 10.4. The van der Waals surface area contributed by atoms with Gasteiger partial charge in [-0.2, -0.15) is 0 Å². The Labute approximate surface area is 122 Å². The van der Waals surface area contributed by atoms with E-state index in [4.69, 9.17) is 0 Å². The van der Waals surface area contributed by atoms with E-state index in [1.54, 1.807) is 6.92 Å². The van der Waals surface area contributed by atoms with Gasteiger partial charge < -0.3 is 10.2 Å². The summed E-state index contributed by atoms with van der Waals surface area (Å²) < 4.78 is 0. The Morgan fingerprint density at radius 2 is 1.40 bits per heavy atom. The summed E-state index contributed by atoms with van der Waals surface area (Å²) >= 11 is 0. The molecule has 2 N–H and O–H groups in total. The first-order chi connectivity index (χ1) is 9.31. The number of hydrogen-bond donors (Lipinski definition) is 2. The Bertz CT molecular complexity index is 473. The van der Waals surface area contributed by atoms with Gasteiger partial charge in [0.25, 0.3) is 0 Å². The van der Waals surface area contributed by atoms with E-state index in [0.29, 0.717) is 18.6 Å². The minimum atomic E-state index is -0.522. The molecule has 0 saturated carbocycles. The van der Waals surface area contributed by atoms with Gasteiger partial charge in [0.1, 0.15) is 5.75 Å². The van der Waals surface area contributed by atoms with Gasteiger partial charge in [0.15, 0.2) is 0 Å². The minimum absolute atomic E-state index is 0.351. The summed E-state index contributed by atoms with van der Waals surface area (Å²) in [4.78, 5) is 0. The molecule has 1 aromatic carbocycles. The molecule has 1 unspecified atom stereocenters. The van der Waals surface area contributed by atoms with Crippen molar-refractivity contribution >= 4 is 0 Å². The maximum absolute atomic E-state index is 10.4. The average molecular weight is 274 g/mol. The van der Waals surface area contributed by atoms with Crippen molar-refractivity contribution in [3.05, 3.63) is 52.1 Å². The second kappa shape index (κ2) is 7.30. The number of aliphatic hydroxyl groups is 1. The van der Waals surface area contributed by atoms with Gasteiger partial charge in [-0.1, -0.05) is 23.3 Å². The fraction of sp³-hybridized carbons (Fsp3) is 0.444. The average Bonchev–Trinajstić information content (AvgIpc) is 2.35. The van der Waals surface area contributed by atoms with Crippen LogP contribution in [0.5, 0.6) is 5.75 Å². The predicted octanol–water partition coefficient (Wildman–Crippen LogP) is 4.46. The summed E-state index contributed by atoms with van der Waals surface area (Å²) in [5, 5.41) is 20.2. The molecule has 0 aliphatic heterocycles. The molecule has 0 aromatic heterocycles. The summed E-state index contributed by atoms with van der Waals surface area (Å²) in [5.74, 6) is 0.351. The zero-order chi connectivity index (χ0) is 15.3. The molecule has 1 aromatic rings. The standard InChI is InChI=1S/C18H26O2/c1-12(2)6-8-15-10-17(14(5)19)11-16(18(15)20)9-7-13(3)4/h6-7,10-11,14,19-20H,8-9H2,1-5H3. The van der Waals surface area contributed by atoms with Crippen molar-refractivity contribution in [3.63, 3.8) is 0 Å². The smallest absolute Gasteiger partial charge is 0.122 e. The highest BCUT2D eigenvalue weighted by atomic mass is 16.3. The monoisotopic (exact) mass is 274 g/mol. The van der Waals surface area contributed by atoms with E-state index in [2.05, 4.69) is 12.2 Å². The largest absolute Gasteiger partial charge is 0.507 e. The Morgan fingerprint density at radius 3 is 1.70 bits per heavy atom. The van der Waals surface area contributed by atoms with E-state index in [1.807, 2.05) is 39.8 Å². The Morgan fingerprint density at radius 1 is 1.00 bits per heavy atom. The van der Waals surface area contributed by atoms with E-state index in [-0.39, 0.29) is 0 Å². The van der Waals surface area contributed by atoms with E-state index in [1.165, 1.54) is 11.1 Å². The molecule has 0 spiro atoms. The van der Waals surface area contributed by atoms with Gasteiger partial charge in [-0.05, 0) is 76.3 Å². The highest BCUT2D eigenvalue weighted by molar-refractivity contribution is 5.46.